The summed E-state index contributed by atoms with van der Waals surface area (Å²) in [7, 11) is 1.74. The summed E-state index contributed by atoms with van der Waals surface area (Å²) in [5, 5.41) is 0. The van der Waals surface area contributed by atoms with Crippen molar-refractivity contribution in [2.24, 2.45) is 0 Å². The van der Waals surface area contributed by atoms with Crippen molar-refractivity contribution >= 4 is 11.9 Å². The standard InChI is InChI=1S/C12H22N2O4/c1-10(2)18-12(16)9-13(3)8-11(15)14-4-6-17-7-5-14/h10H,4-9H2,1-3H3. The number of carbonyl (C=O) groups is 2. The van der Waals surface area contributed by atoms with Crippen LogP contribution in [0.15, 0.2) is 0 Å². The van der Waals surface area contributed by atoms with Crippen LogP contribution in [0, 0.1) is 0 Å². The Morgan fingerprint density at radius 1 is 1.28 bits per heavy atom. The highest BCUT2D eigenvalue weighted by molar-refractivity contribution is 5.79. The molecule has 1 aliphatic heterocycles. The van der Waals surface area contributed by atoms with Crippen LogP contribution in [-0.4, -0.2) is 74.2 Å². The summed E-state index contributed by atoms with van der Waals surface area (Å²) in [5.41, 5.74) is 0. The number of likely N-dealkylation sites (N-methyl/N-ethyl adjacent to an activating group) is 1. The third kappa shape index (κ3) is 5.46. The van der Waals surface area contributed by atoms with E-state index in [1.165, 1.54) is 0 Å². The van der Waals surface area contributed by atoms with Gasteiger partial charge in [0.05, 0.1) is 32.4 Å². The normalized spacial score (nSPS) is 16.2. The van der Waals surface area contributed by atoms with E-state index < -0.39 is 0 Å². The van der Waals surface area contributed by atoms with Gasteiger partial charge < -0.3 is 14.4 Å². The van der Waals surface area contributed by atoms with Gasteiger partial charge >= 0.3 is 5.97 Å². The van der Waals surface area contributed by atoms with Crippen molar-refractivity contribution in [2.45, 2.75) is 20.0 Å². The molecule has 0 atom stereocenters. The van der Waals surface area contributed by atoms with E-state index in [1.54, 1.807) is 30.7 Å². The molecule has 0 bridgehead atoms. The molecule has 1 aliphatic rings. The summed E-state index contributed by atoms with van der Waals surface area (Å²) in [4.78, 5) is 26.7. The van der Waals surface area contributed by atoms with Crippen LogP contribution in [0.3, 0.4) is 0 Å². The van der Waals surface area contributed by atoms with E-state index in [-0.39, 0.29) is 31.1 Å². The summed E-state index contributed by atoms with van der Waals surface area (Å²) >= 11 is 0. The highest BCUT2D eigenvalue weighted by atomic mass is 16.5. The Kier molecular flexibility index (Phi) is 6.07. The maximum Gasteiger partial charge on any atom is 0.320 e. The van der Waals surface area contributed by atoms with Crippen LogP contribution >= 0.6 is 0 Å². The van der Waals surface area contributed by atoms with Crippen molar-refractivity contribution in [2.75, 3.05) is 46.4 Å². The predicted octanol–water partition coefficient (Wildman–Crippen LogP) is -0.271. The highest BCUT2D eigenvalue weighted by Crippen LogP contribution is 1.99. The first kappa shape index (κ1) is 14.9. The maximum atomic E-state index is 11.9. The molecule has 6 nitrogen and oxygen atoms in total. The molecule has 0 aliphatic carbocycles. The first-order valence-electron chi connectivity index (χ1n) is 6.22. The average Bonchev–Trinajstić information content (AvgIpc) is 2.28. The molecule has 6 heteroatoms. The zero-order valence-electron chi connectivity index (χ0n) is 11.3. The number of nitrogens with zero attached hydrogens (tertiary/aromatic N) is 2. The smallest absolute Gasteiger partial charge is 0.320 e. The lowest BCUT2D eigenvalue weighted by Crippen LogP contribution is -2.45. The molecular weight excluding hydrogens is 236 g/mol. The number of ether oxygens (including phenoxy) is 2. The second kappa shape index (κ2) is 7.33. The predicted molar refractivity (Wildman–Crippen MR) is 66.1 cm³/mol. The molecule has 1 fully saturated rings. The van der Waals surface area contributed by atoms with Gasteiger partial charge in [-0.15, -0.1) is 0 Å². The van der Waals surface area contributed by atoms with Gasteiger partial charge in [0.1, 0.15) is 0 Å². The molecule has 0 saturated carbocycles. The van der Waals surface area contributed by atoms with E-state index in [2.05, 4.69) is 0 Å². The molecule has 1 rings (SSSR count). The Balaban J connectivity index is 2.28. The molecular formula is C12H22N2O4. The lowest BCUT2D eigenvalue weighted by atomic mass is 10.3. The van der Waals surface area contributed by atoms with Gasteiger partial charge in [-0.3, -0.25) is 14.5 Å². The molecule has 0 aromatic heterocycles. The molecule has 0 radical (unpaired) electrons. The molecule has 0 unspecified atom stereocenters. The first-order chi connectivity index (χ1) is 8.49. The monoisotopic (exact) mass is 258 g/mol. The van der Waals surface area contributed by atoms with Gasteiger partial charge in [0.2, 0.25) is 5.91 Å². The van der Waals surface area contributed by atoms with Crippen molar-refractivity contribution < 1.29 is 19.1 Å². The lowest BCUT2D eigenvalue weighted by molar-refractivity contribution is -0.149. The van der Waals surface area contributed by atoms with E-state index in [1.807, 2.05) is 0 Å². The Morgan fingerprint density at radius 2 is 1.89 bits per heavy atom. The van der Waals surface area contributed by atoms with Gasteiger partial charge in [-0.25, -0.2) is 0 Å². The zero-order valence-corrected chi connectivity index (χ0v) is 11.3. The third-order valence-corrected chi connectivity index (χ3v) is 2.54. The fourth-order valence-corrected chi connectivity index (χ4v) is 1.72. The van der Waals surface area contributed by atoms with Gasteiger partial charge in [-0.1, -0.05) is 0 Å². The van der Waals surface area contributed by atoms with Crippen LogP contribution in [0.5, 0.6) is 0 Å². The molecule has 0 N–H and O–H groups in total. The van der Waals surface area contributed by atoms with Crippen LogP contribution in [-0.2, 0) is 19.1 Å². The molecule has 1 heterocycles. The SMILES string of the molecule is CC(C)OC(=O)CN(C)CC(=O)N1CCOCC1. The van der Waals surface area contributed by atoms with Crippen molar-refractivity contribution in [3.8, 4) is 0 Å². The summed E-state index contributed by atoms with van der Waals surface area (Å²) in [6, 6.07) is 0. The number of esters is 1. The third-order valence-electron chi connectivity index (χ3n) is 2.54. The van der Waals surface area contributed by atoms with Crippen molar-refractivity contribution in [1.29, 1.82) is 0 Å². The second-order valence-electron chi connectivity index (χ2n) is 4.70. The summed E-state index contributed by atoms with van der Waals surface area (Å²) in [6.07, 6.45) is -0.124. The number of rotatable bonds is 5. The van der Waals surface area contributed by atoms with Crippen molar-refractivity contribution in [1.82, 2.24) is 9.80 Å². The summed E-state index contributed by atoms with van der Waals surface area (Å²) in [6.45, 7) is 6.40. The number of carbonyl (C=O) groups excluding carboxylic acids is 2. The van der Waals surface area contributed by atoms with Crippen LogP contribution in [0.2, 0.25) is 0 Å². The van der Waals surface area contributed by atoms with E-state index in [0.29, 0.717) is 26.3 Å². The fraction of sp³-hybridized carbons (Fsp3) is 0.833. The van der Waals surface area contributed by atoms with Crippen molar-refractivity contribution in [3.05, 3.63) is 0 Å². The Morgan fingerprint density at radius 3 is 2.44 bits per heavy atom. The van der Waals surface area contributed by atoms with E-state index in [9.17, 15) is 9.59 Å². The maximum absolute atomic E-state index is 11.9. The molecule has 0 aromatic carbocycles. The van der Waals surface area contributed by atoms with Crippen molar-refractivity contribution in [3.63, 3.8) is 0 Å². The molecule has 1 amide bonds. The van der Waals surface area contributed by atoms with E-state index in [4.69, 9.17) is 9.47 Å². The van der Waals surface area contributed by atoms with E-state index in [0.717, 1.165) is 0 Å². The van der Waals surface area contributed by atoms with Crippen LogP contribution < -0.4 is 0 Å². The summed E-state index contributed by atoms with van der Waals surface area (Å²) in [5.74, 6) is -0.277. The number of hydrogen-bond acceptors (Lipinski definition) is 5. The molecule has 0 aromatic rings. The topological polar surface area (TPSA) is 59.1 Å². The minimum Gasteiger partial charge on any atom is -0.462 e. The molecule has 1 saturated heterocycles. The number of amides is 1. The molecule has 104 valence electrons. The van der Waals surface area contributed by atoms with Crippen LogP contribution in [0.1, 0.15) is 13.8 Å². The minimum atomic E-state index is -0.303. The lowest BCUT2D eigenvalue weighted by Gasteiger charge is -2.28. The van der Waals surface area contributed by atoms with Gasteiger partial charge in [0, 0.05) is 13.1 Å². The molecule has 18 heavy (non-hydrogen) atoms. The Bertz CT molecular complexity index is 288. The quantitative estimate of drug-likeness (QED) is 0.635. The van der Waals surface area contributed by atoms with Gasteiger partial charge in [-0.05, 0) is 20.9 Å². The van der Waals surface area contributed by atoms with Crippen LogP contribution in [0.4, 0.5) is 0 Å². The zero-order chi connectivity index (χ0) is 13.5. The highest BCUT2D eigenvalue weighted by Gasteiger charge is 2.19. The van der Waals surface area contributed by atoms with Gasteiger partial charge in [0.25, 0.3) is 0 Å². The second-order valence-corrected chi connectivity index (χ2v) is 4.70. The number of morpholine rings is 1. The van der Waals surface area contributed by atoms with Crippen LogP contribution in [0.25, 0.3) is 0 Å². The molecule has 0 spiro atoms. The first-order valence-corrected chi connectivity index (χ1v) is 6.22. The largest absolute Gasteiger partial charge is 0.462 e. The van der Waals surface area contributed by atoms with Gasteiger partial charge in [-0.2, -0.15) is 0 Å². The Labute approximate surface area is 108 Å². The minimum absolute atomic E-state index is 0.0261. The van der Waals surface area contributed by atoms with E-state index >= 15 is 0 Å². The average molecular weight is 258 g/mol. The summed E-state index contributed by atoms with van der Waals surface area (Å²) < 4.78 is 10.2. The van der Waals surface area contributed by atoms with Gasteiger partial charge in [0.15, 0.2) is 0 Å². The fourth-order valence-electron chi connectivity index (χ4n) is 1.72. The number of hydrogen-bond donors (Lipinski definition) is 0. The Hall–Kier alpha value is -1.14.